The summed E-state index contributed by atoms with van der Waals surface area (Å²) in [6.07, 6.45) is 3.15. The van der Waals surface area contributed by atoms with E-state index in [-0.39, 0.29) is 28.6 Å². The first kappa shape index (κ1) is 19.5. The molecule has 9 nitrogen and oxygen atoms in total. The molecular formula is C20H17FN4O5S. The van der Waals surface area contributed by atoms with E-state index in [2.05, 4.69) is 14.9 Å². The molecule has 31 heavy (non-hydrogen) atoms. The third-order valence-electron chi connectivity index (χ3n) is 5.26. The second-order valence-electron chi connectivity index (χ2n) is 7.38. The summed E-state index contributed by atoms with van der Waals surface area (Å²) in [4.78, 5) is 16.6. The van der Waals surface area contributed by atoms with E-state index in [1.165, 1.54) is 41.0 Å². The second-order valence-corrected chi connectivity index (χ2v) is 9.06. The van der Waals surface area contributed by atoms with Crippen LogP contribution in [0.3, 0.4) is 0 Å². The number of halogens is 1. The number of nitrogens with zero attached hydrogens (tertiary/aromatic N) is 3. The van der Waals surface area contributed by atoms with Crippen LogP contribution in [-0.4, -0.2) is 23.1 Å². The third-order valence-corrected chi connectivity index (χ3v) is 6.64. The number of sulfonamides is 1. The molecule has 0 unspecified atom stereocenters. The Labute approximate surface area is 175 Å². The van der Waals surface area contributed by atoms with Gasteiger partial charge in [-0.2, -0.15) is 4.98 Å². The molecule has 1 aliphatic rings. The lowest BCUT2D eigenvalue weighted by Crippen LogP contribution is -2.16. The van der Waals surface area contributed by atoms with Crippen molar-refractivity contribution in [1.82, 2.24) is 14.7 Å². The number of fused-ring (bicyclic) bond motifs is 1. The van der Waals surface area contributed by atoms with Crippen LogP contribution in [0.25, 0.3) is 11.1 Å². The van der Waals surface area contributed by atoms with Crippen LogP contribution in [0, 0.1) is 5.82 Å². The Kier molecular flexibility index (Phi) is 4.62. The second kappa shape index (κ2) is 7.34. The predicted octanol–water partition coefficient (Wildman–Crippen LogP) is 3.23. The minimum absolute atomic E-state index is 0.0374. The molecule has 1 saturated carbocycles. The summed E-state index contributed by atoms with van der Waals surface area (Å²) in [5.41, 5.74) is 0.568. The number of hydrogen-bond acceptors (Lipinski definition) is 7. The van der Waals surface area contributed by atoms with Crippen molar-refractivity contribution < 1.29 is 21.7 Å². The standard InChI is InChI=1S/C20H17FN4O5S/c21-13-5-2-6-14(9-13)24-31(27,28)15-7-8-16-17(10-15)29-20(26)25(16)11-18-22-19(30-23-18)12-3-1-4-12/h2,5-10,12,24H,1,3-4,11H2. The van der Waals surface area contributed by atoms with E-state index in [9.17, 15) is 17.6 Å². The zero-order chi connectivity index (χ0) is 21.6. The summed E-state index contributed by atoms with van der Waals surface area (Å²) in [6.45, 7) is 0.0374. The van der Waals surface area contributed by atoms with E-state index < -0.39 is 21.6 Å². The van der Waals surface area contributed by atoms with Crippen molar-refractivity contribution >= 4 is 26.8 Å². The van der Waals surface area contributed by atoms with Crippen LogP contribution in [0.4, 0.5) is 10.1 Å². The average Bonchev–Trinajstić information content (AvgIpc) is 3.24. The van der Waals surface area contributed by atoms with Crippen molar-refractivity contribution in [3.8, 4) is 0 Å². The van der Waals surface area contributed by atoms with Gasteiger partial charge in [-0.05, 0) is 43.2 Å². The smallest absolute Gasteiger partial charge is 0.408 e. The monoisotopic (exact) mass is 444 g/mol. The molecule has 0 saturated heterocycles. The van der Waals surface area contributed by atoms with Crippen LogP contribution in [0.1, 0.15) is 36.9 Å². The fraction of sp³-hybridized carbons (Fsp3) is 0.250. The molecule has 1 N–H and O–H groups in total. The Bertz CT molecular complexity index is 1440. The number of aromatic nitrogens is 3. The molecule has 0 aliphatic heterocycles. The van der Waals surface area contributed by atoms with Gasteiger partial charge in [-0.25, -0.2) is 17.6 Å². The SMILES string of the molecule is O=c1oc2cc(S(=O)(=O)Nc3cccc(F)c3)ccc2n1Cc1noc(C2CCC2)n1. The number of hydrogen-bond donors (Lipinski definition) is 1. The molecule has 11 heteroatoms. The quantitative estimate of drug-likeness (QED) is 0.485. The molecule has 0 bridgehead atoms. The summed E-state index contributed by atoms with van der Waals surface area (Å²) >= 11 is 0. The molecule has 2 heterocycles. The molecule has 0 spiro atoms. The lowest BCUT2D eigenvalue weighted by molar-refractivity contribution is 0.291. The van der Waals surface area contributed by atoms with Crippen molar-refractivity contribution in [3.63, 3.8) is 0 Å². The van der Waals surface area contributed by atoms with Crippen molar-refractivity contribution in [2.75, 3.05) is 4.72 Å². The Morgan fingerprint density at radius 2 is 2.03 bits per heavy atom. The van der Waals surface area contributed by atoms with Crippen LogP contribution in [0.2, 0.25) is 0 Å². The van der Waals surface area contributed by atoms with Gasteiger partial charge in [0.15, 0.2) is 11.4 Å². The van der Waals surface area contributed by atoms with E-state index in [1.54, 1.807) is 0 Å². The van der Waals surface area contributed by atoms with Crippen LogP contribution in [0.5, 0.6) is 0 Å². The van der Waals surface area contributed by atoms with Gasteiger partial charge >= 0.3 is 5.76 Å². The van der Waals surface area contributed by atoms with Gasteiger partial charge in [0, 0.05) is 12.0 Å². The van der Waals surface area contributed by atoms with Gasteiger partial charge < -0.3 is 8.94 Å². The highest BCUT2D eigenvalue weighted by Gasteiger charge is 2.26. The van der Waals surface area contributed by atoms with Crippen LogP contribution in [0.15, 0.2) is 61.1 Å². The highest BCUT2D eigenvalue weighted by Crippen LogP contribution is 2.35. The van der Waals surface area contributed by atoms with Crippen LogP contribution < -0.4 is 10.5 Å². The first-order valence-corrected chi connectivity index (χ1v) is 11.1. The molecule has 0 amide bonds. The highest BCUT2D eigenvalue weighted by molar-refractivity contribution is 7.92. The number of nitrogens with one attached hydrogen (secondary N) is 1. The molecule has 4 aromatic rings. The van der Waals surface area contributed by atoms with Crippen molar-refractivity contribution in [1.29, 1.82) is 0 Å². The lowest BCUT2D eigenvalue weighted by atomic mass is 9.85. The molecule has 0 atom stereocenters. The van der Waals surface area contributed by atoms with Gasteiger partial charge in [-0.15, -0.1) is 0 Å². The molecular weight excluding hydrogens is 427 g/mol. The van der Waals surface area contributed by atoms with Crippen molar-refractivity contribution in [2.45, 2.75) is 36.6 Å². The van der Waals surface area contributed by atoms with E-state index in [4.69, 9.17) is 8.94 Å². The zero-order valence-electron chi connectivity index (χ0n) is 16.1. The summed E-state index contributed by atoms with van der Waals surface area (Å²) in [6, 6.07) is 9.14. The van der Waals surface area contributed by atoms with E-state index >= 15 is 0 Å². The highest BCUT2D eigenvalue weighted by atomic mass is 32.2. The third kappa shape index (κ3) is 3.72. The van der Waals surface area contributed by atoms with Gasteiger partial charge in [-0.1, -0.05) is 17.6 Å². The Morgan fingerprint density at radius 1 is 1.19 bits per heavy atom. The van der Waals surface area contributed by atoms with Gasteiger partial charge in [0.1, 0.15) is 5.82 Å². The normalized spacial score (nSPS) is 14.6. The predicted molar refractivity (Wildman–Crippen MR) is 108 cm³/mol. The van der Waals surface area contributed by atoms with Gasteiger partial charge in [0.05, 0.1) is 22.6 Å². The van der Waals surface area contributed by atoms with E-state index in [1.807, 2.05) is 0 Å². The van der Waals surface area contributed by atoms with Gasteiger partial charge in [0.25, 0.3) is 10.0 Å². The maximum absolute atomic E-state index is 13.3. The first-order chi connectivity index (χ1) is 14.9. The summed E-state index contributed by atoms with van der Waals surface area (Å²) in [5.74, 6) is -0.0502. The molecule has 1 aliphatic carbocycles. The summed E-state index contributed by atoms with van der Waals surface area (Å²) in [7, 11) is -4.01. The summed E-state index contributed by atoms with van der Waals surface area (Å²) < 4.78 is 52.8. The Morgan fingerprint density at radius 3 is 2.77 bits per heavy atom. The van der Waals surface area contributed by atoms with Crippen molar-refractivity contribution in [3.05, 3.63) is 70.5 Å². The molecule has 1 fully saturated rings. The maximum Gasteiger partial charge on any atom is 0.420 e. The number of benzene rings is 2. The largest absolute Gasteiger partial charge is 0.420 e. The van der Waals surface area contributed by atoms with Crippen LogP contribution >= 0.6 is 0 Å². The minimum Gasteiger partial charge on any atom is -0.408 e. The van der Waals surface area contributed by atoms with Crippen molar-refractivity contribution in [2.24, 2.45) is 0 Å². The fourth-order valence-corrected chi connectivity index (χ4v) is 4.49. The summed E-state index contributed by atoms with van der Waals surface area (Å²) in [5, 5.41) is 3.93. The number of anilines is 1. The average molecular weight is 444 g/mol. The maximum atomic E-state index is 13.3. The Balaban J connectivity index is 1.43. The first-order valence-electron chi connectivity index (χ1n) is 9.63. The molecule has 0 radical (unpaired) electrons. The van der Waals surface area contributed by atoms with Gasteiger partial charge in [0.2, 0.25) is 5.89 Å². The molecule has 2 aromatic carbocycles. The Hall–Kier alpha value is -3.47. The number of oxazole rings is 1. The van der Waals surface area contributed by atoms with E-state index in [0.717, 1.165) is 25.3 Å². The topological polar surface area (TPSA) is 120 Å². The molecule has 2 aromatic heterocycles. The minimum atomic E-state index is -4.01. The molecule has 5 rings (SSSR count). The van der Waals surface area contributed by atoms with Crippen LogP contribution in [-0.2, 0) is 16.6 Å². The fourth-order valence-electron chi connectivity index (χ4n) is 3.42. The zero-order valence-corrected chi connectivity index (χ0v) is 16.9. The van der Waals surface area contributed by atoms with E-state index in [0.29, 0.717) is 17.2 Å². The number of rotatable bonds is 6. The van der Waals surface area contributed by atoms with Gasteiger partial charge in [-0.3, -0.25) is 9.29 Å². The lowest BCUT2D eigenvalue weighted by Gasteiger charge is -2.20. The molecule has 160 valence electrons.